The minimum absolute atomic E-state index is 0.224. The van der Waals surface area contributed by atoms with Gasteiger partial charge >= 0.3 is 6.36 Å². The number of amides is 2. The van der Waals surface area contributed by atoms with Crippen molar-refractivity contribution in [1.29, 1.82) is 0 Å². The van der Waals surface area contributed by atoms with Crippen LogP contribution in [0.4, 0.5) is 18.9 Å². The molecular formula is C23H19F3N2O4. The number of carbonyl (C=O) groups excluding carboxylic acids is 2. The maximum atomic E-state index is 12.5. The van der Waals surface area contributed by atoms with Crippen LogP contribution >= 0.6 is 0 Å². The first kappa shape index (κ1) is 22.7. The Morgan fingerprint density at radius 2 is 1.50 bits per heavy atom. The molecule has 3 rings (SSSR count). The number of hydrogen-bond donors (Lipinski definition) is 2. The number of nitrogens with one attached hydrogen (secondary N) is 2. The number of carbonyl (C=O) groups is 2. The summed E-state index contributed by atoms with van der Waals surface area (Å²) in [7, 11) is 0. The van der Waals surface area contributed by atoms with E-state index < -0.39 is 24.6 Å². The van der Waals surface area contributed by atoms with Gasteiger partial charge < -0.3 is 20.1 Å². The zero-order valence-electron chi connectivity index (χ0n) is 16.7. The fourth-order valence-corrected chi connectivity index (χ4v) is 2.73. The van der Waals surface area contributed by atoms with Gasteiger partial charge in [0, 0.05) is 12.2 Å². The molecule has 0 fully saturated rings. The fourth-order valence-electron chi connectivity index (χ4n) is 2.73. The average molecular weight is 444 g/mol. The van der Waals surface area contributed by atoms with Crippen LogP contribution in [-0.2, 0) is 11.3 Å². The van der Waals surface area contributed by atoms with E-state index in [1.54, 1.807) is 24.3 Å². The van der Waals surface area contributed by atoms with E-state index in [0.717, 1.165) is 17.7 Å². The Hall–Kier alpha value is -4.01. The first-order valence-corrected chi connectivity index (χ1v) is 9.50. The van der Waals surface area contributed by atoms with E-state index in [9.17, 15) is 22.8 Å². The molecule has 0 spiro atoms. The summed E-state index contributed by atoms with van der Waals surface area (Å²) >= 11 is 0. The highest BCUT2D eigenvalue weighted by molar-refractivity contribution is 5.97. The second-order valence-electron chi connectivity index (χ2n) is 6.57. The molecule has 0 aliphatic carbocycles. The van der Waals surface area contributed by atoms with Gasteiger partial charge in [-0.3, -0.25) is 9.59 Å². The Morgan fingerprint density at radius 1 is 0.844 bits per heavy atom. The van der Waals surface area contributed by atoms with Crippen molar-refractivity contribution in [1.82, 2.24) is 5.32 Å². The molecule has 0 atom stereocenters. The van der Waals surface area contributed by atoms with Gasteiger partial charge in [0.1, 0.15) is 11.5 Å². The maximum Gasteiger partial charge on any atom is 0.573 e. The van der Waals surface area contributed by atoms with Crippen molar-refractivity contribution in [2.45, 2.75) is 12.9 Å². The van der Waals surface area contributed by atoms with Crippen molar-refractivity contribution in [3.8, 4) is 11.5 Å². The molecule has 9 heteroatoms. The number of hydrogen-bond acceptors (Lipinski definition) is 4. The summed E-state index contributed by atoms with van der Waals surface area (Å²) in [5.41, 5.74) is 1.47. The second kappa shape index (κ2) is 10.3. The Morgan fingerprint density at radius 3 is 2.19 bits per heavy atom. The SMILES string of the molecule is O=C(COc1ccccc1C(=O)NCc1ccccc1)Nc1ccc(OC(F)(F)F)cc1. The van der Waals surface area contributed by atoms with Crippen LogP contribution in [0.2, 0.25) is 0 Å². The molecule has 2 N–H and O–H groups in total. The Labute approximate surface area is 182 Å². The number of benzene rings is 3. The van der Waals surface area contributed by atoms with Crippen molar-refractivity contribution in [2.24, 2.45) is 0 Å². The lowest BCUT2D eigenvalue weighted by Crippen LogP contribution is -2.25. The molecule has 0 radical (unpaired) electrons. The standard InChI is InChI=1S/C23H19F3N2O4/c24-23(25,26)32-18-12-10-17(11-13-18)28-21(29)15-31-20-9-5-4-8-19(20)22(30)27-14-16-6-2-1-3-7-16/h1-13H,14-15H2,(H,27,30)(H,28,29). The lowest BCUT2D eigenvalue weighted by Gasteiger charge is -2.12. The summed E-state index contributed by atoms with van der Waals surface area (Å²) in [6, 6.07) is 20.6. The van der Waals surface area contributed by atoms with Crippen molar-refractivity contribution >= 4 is 17.5 Å². The summed E-state index contributed by atoms with van der Waals surface area (Å²) < 4.78 is 45.9. The van der Waals surface area contributed by atoms with Gasteiger partial charge in [-0.1, -0.05) is 42.5 Å². The first-order chi connectivity index (χ1) is 15.3. The Bertz CT molecular complexity index is 1050. The minimum atomic E-state index is -4.79. The molecule has 0 aromatic heterocycles. The number of para-hydroxylation sites is 1. The molecule has 0 bridgehead atoms. The molecule has 0 heterocycles. The van der Waals surface area contributed by atoms with E-state index in [4.69, 9.17) is 4.74 Å². The summed E-state index contributed by atoms with van der Waals surface area (Å²) in [5.74, 6) is -1.08. The van der Waals surface area contributed by atoms with Crippen LogP contribution in [-0.4, -0.2) is 24.8 Å². The lowest BCUT2D eigenvalue weighted by molar-refractivity contribution is -0.274. The number of rotatable bonds is 8. The van der Waals surface area contributed by atoms with Gasteiger partial charge in [0.25, 0.3) is 11.8 Å². The maximum absolute atomic E-state index is 12.5. The highest BCUT2D eigenvalue weighted by atomic mass is 19.4. The molecule has 166 valence electrons. The summed E-state index contributed by atoms with van der Waals surface area (Å²) in [6.07, 6.45) is -4.79. The third-order valence-electron chi connectivity index (χ3n) is 4.16. The van der Waals surface area contributed by atoms with Gasteiger partial charge in [0.2, 0.25) is 0 Å². The van der Waals surface area contributed by atoms with Crippen LogP contribution < -0.4 is 20.1 Å². The monoisotopic (exact) mass is 444 g/mol. The van der Waals surface area contributed by atoms with Crippen LogP contribution in [0.3, 0.4) is 0 Å². The summed E-state index contributed by atoms with van der Waals surface area (Å²) in [4.78, 5) is 24.7. The molecule has 3 aromatic carbocycles. The quantitative estimate of drug-likeness (QED) is 0.535. The third-order valence-corrected chi connectivity index (χ3v) is 4.16. The van der Waals surface area contributed by atoms with Crippen LogP contribution in [0.15, 0.2) is 78.9 Å². The topological polar surface area (TPSA) is 76.7 Å². The van der Waals surface area contributed by atoms with Crippen molar-refractivity contribution in [3.05, 3.63) is 90.0 Å². The molecule has 0 aliphatic heterocycles. The average Bonchev–Trinajstić information content (AvgIpc) is 2.77. The Kier molecular flexibility index (Phi) is 7.33. The smallest absolute Gasteiger partial charge is 0.483 e. The van der Waals surface area contributed by atoms with E-state index in [1.165, 1.54) is 12.1 Å². The molecule has 32 heavy (non-hydrogen) atoms. The third kappa shape index (κ3) is 7.05. The zero-order valence-corrected chi connectivity index (χ0v) is 16.7. The number of anilines is 1. The number of ether oxygens (including phenoxy) is 2. The van der Waals surface area contributed by atoms with Crippen molar-refractivity contribution in [2.75, 3.05) is 11.9 Å². The van der Waals surface area contributed by atoms with Gasteiger partial charge in [-0.25, -0.2) is 0 Å². The number of alkyl halides is 3. The molecule has 0 saturated carbocycles. The van der Waals surface area contributed by atoms with Crippen LogP contribution in [0.25, 0.3) is 0 Å². The second-order valence-corrected chi connectivity index (χ2v) is 6.57. The predicted octanol–water partition coefficient (Wildman–Crippen LogP) is 4.53. The van der Waals surface area contributed by atoms with E-state index in [2.05, 4.69) is 15.4 Å². The largest absolute Gasteiger partial charge is 0.573 e. The molecule has 6 nitrogen and oxygen atoms in total. The molecule has 0 unspecified atom stereocenters. The van der Waals surface area contributed by atoms with Gasteiger partial charge in [-0.05, 0) is 42.0 Å². The lowest BCUT2D eigenvalue weighted by atomic mass is 10.1. The molecule has 0 saturated heterocycles. The number of halogens is 3. The van der Waals surface area contributed by atoms with E-state index >= 15 is 0 Å². The van der Waals surface area contributed by atoms with Gasteiger partial charge in [0.05, 0.1) is 5.56 Å². The predicted molar refractivity (Wildman–Crippen MR) is 111 cm³/mol. The highest BCUT2D eigenvalue weighted by Crippen LogP contribution is 2.24. The molecule has 0 aliphatic rings. The first-order valence-electron chi connectivity index (χ1n) is 9.50. The normalized spacial score (nSPS) is 10.8. The highest BCUT2D eigenvalue weighted by Gasteiger charge is 2.30. The van der Waals surface area contributed by atoms with Crippen molar-refractivity contribution in [3.63, 3.8) is 0 Å². The van der Waals surface area contributed by atoms with Crippen molar-refractivity contribution < 1.29 is 32.2 Å². The summed E-state index contributed by atoms with van der Waals surface area (Å²) in [6.45, 7) is -0.0632. The van der Waals surface area contributed by atoms with Gasteiger partial charge in [0.15, 0.2) is 6.61 Å². The van der Waals surface area contributed by atoms with E-state index in [0.29, 0.717) is 6.54 Å². The summed E-state index contributed by atoms with van der Waals surface area (Å²) in [5, 5.41) is 5.29. The van der Waals surface area contributed by atoms with E-state index in [-0.39, 0.29) is 22.9 Å². The Balaban J connectivity index is 1.54. The minimum Gasteiger partial charge on any atom is -0.483 e. The zero-order chi connectivity index (χ0) is 23.0. The van der Waals surface area contributed by atoms with Crippen LogP contribution in [0.5, 0.6) is 11.5 Å². The van der Waals surface area contributed by atoms with Crippen LogP contribution in [0.1, 0.15) is 15.9 Å². The fraction of sp³-hybridized carbons (Fsp3) is 0.130. The van der Waals surface area contributed by atoms with E-state index in [1.807, 2.05) is 30.3 Å². The molecular weight excluding hydrogens is 425 g/mol. The molecule has 2 amide bonds. The molecule has 3 aromatic rings. The van der Waals surface area contributed by atoms with Gasteiger partial charge in [-0.2, -0.15) is 0 Å². The van der Waals surface area contributed by atoms with Crippen LogP contribution in [0, 0.1) is 0 Å². The van der Waals surface area contributed by atoms with Gasteiger partial charge in [-0.15, -0.1) is 13.2 Å².